The fraction of sp³-hybridized carbons (Fsp3) is 0.944. The Balaban J connectivity index is 3.26. The molecule has 3 N–H and O–H groups in total. The van der Waals surface area contributed by atoms with Gasteiger partial charge >= 0.3 is 5.97 Å². The normalized spacial score (nSPS) is 12.5. The molecule has 0 aliphatic rings. The van der Waals surface area contributed by atoms with Crippen molar-refractivity contribution in [2.45, 2.75) is 424 Å². The van der Waals surface area contributed by atoms with Crippen LogP contribution in [0.15, 0.2) is 12.2 Å². The van der Waals surface area contributed by atoms with E-state index < -0.39 is 12.1 Å². The molecule has 1 amide bonds. The van der Waals surface area contributed by atoms with E-state index in [9.17, 15) is 19.8 Å². The minimum atomic E-state index is -0.657. The van der Waals surface area contributed by atoms with Crippen molar-refractivity contribution in [2.24, 2.45) is 0 Å². The highest BCUT2D eigenvalue weighted by Gasteiger charge is 2.20. The number of hydrogen-bond donors (Lipinski definition) is 3. The van der Waals surface area contributed by atoms with E-state index in [4.69, 9.17) is 4.74 Å². The zero-order valence-corrected chi connectivity index (χ0v) is 53.2. The molecule has 2 atom stereocenters. The average Bonchev–Trinajstić information content (AvgIpc) is 3.44. The van der Waals surface area contributed by atoms with Crippen LogP contribution >= 0.6 is 0 Å². The van der Waals surface area contributed by atoms with Crippen LogP contribution in [-0.2, 0) is 14.3 Å². The maximum absolute atomic E-state index is 12.4. The number of rotatable bonds is 68. The first-order valence-corrected chi connectivity index (χ1v) is 35.9. The van der Waals surface area contributed by atoms with E-state index in [2.05, 4.69) is 31.3 Å². The van der Waals surface area contributed by atoms with Gasteiger partial charge in [-0.25, -0.2) is 0 Å². The lowest BCUT2D eigenvalue weighted by Crippen LogP contribution is -2.45. The van der Waals surface area contributed by atoms with Crippen LogP contribution in [0, 0.1) is 0 Å². The van der Waals surface area contributed by atoms with E-state index in [1.807, 2.05) is 0 Å². The number of hydrogen-bond acceptors (Lipinski definition) is 5. The molecule has 0 bridgehead atoms. The van der Waals surface area contributed by atoms with E-state index in [0.29, 0.717) is 25.9 Å². The Morgan fingerprint density at radius 3 is 0.910 bits per heavy atom. The van der Waals surface area contributed by atoms with E-state index in [1.165, 1.54) is 334 Å². The van der Waals surface area contributed by atoms with Crippen molar-refractivity contribution in [3.05, 3.63) is 12.2 Å². The minimum Gasteiger partial charge on any atom is -0.466 e. The Morgan fingerprint density at radius 1 is 0.346 bits per heavy atom. The maximum atomic E-state index is 12.4. The SMILES string of the molecule is CCCCCCCC/C=C\CCCCCCCC(=O)OCCCCCCCCCCCCCCCCCCCCCCCCCCCCCCCCCCCCCCCC(=O)NC(CO)C(O)CCCCCCCCCCC. The topological polar surface area (TPSA) is 95.9 Å². The number of aliphatic hydroxyl groups excluding tert-OH is 2. The summed E-state index contributed by atoms with van der Waals surface area (Å²) < 4.78 is 5.50. The highest BCUT2D eigenvalue weighted by molar-refractivity contribution is 5.76. The van der Waals surface area contributed by atoms with Gasteiger partial charge in [0.15, 0.2) is 0 Å². The summed E-state index contributed by atoms with van der Waals surface area (Å²) in [5.74, 6) is -0.0134. The summed E-state index contributed by atoms with van der Waals surface area (Å²) in [6.45, 7) is 4.96. The molecule has 0 aromatic rings. The number of carbonyl (C=O) groups is 2. The molecule has 0 aromatic carbocycles. The lowest BCUT2D eigenvalue weighted by atomic mass is 10.0. The molecule has 0 heterocycles. The van der Waals surface area contributed by atoms with Crippen molar-refractivity contribution in [3.63, 3.8) is 0 Å². The Labute approximate surface area is 489 Å². The van der Waals surface area contributed by atoms with Crippen LogP contribution in [0.4, 0.5) is 0 Å². The van der Waals surface area contributed by atoms with E-state index >= 15 is 0 Å². The molecule has 0 saturated heterocycles. The second-order valence-electron chi connectivity index (χ2n) is 24.9. The van der Waals surface area contributed by atoms with Gasteiger partial charge in [-0.3, -0.25) is 9.59 Å². The molecular formula is C72H141NO5. The number of carbonyl (C=O) groups excluding carboxylic acids is 2. The molecule has 0 aliphatic heterocycles. The molecule has 0 saturated carbocycles. The summed E-state index contributed by atoms with van der Waals surface area (Å²) in [5.41, 5.74) is 0. The van der Waals surface area contributed by atoms with Crippen LogP contribution in [0.2, 0.25) is 0 Å². The van der Waals surface area contributed by atoms with Gasteiger partial charge in [0.1, 0.15) is 0 Å². The first kappa shape index (κ1) is 76.6. The molecule has 0 radical (unpaired) electrons. The summed E-state index contributed by atoms with van der Waals surface area (Å²) in [6, 6.07) is -0.534. The van der Waals surface area contributed by atoms with Crippen LogP contribution in [-0.4, -0.2) is 47.4 Å². The predicted octanol–water partition coefficient (Wildman–Crippen LogP) is 23.1. The van der Waals surface area contributed by atoms with E-state index in [-0.39, 0.29) is 18.5 Å². The van der Waals surface area contributed by atoms with Gasteiger partial charge in [0, 0.05) is 12.8 Å². The quantitative estimate of drug-likeness (QED) is 0.0320. The fourth-order valence-electron chi connectivity index (χ4n) is 11.6. The third kappa shape index (κ3) is 63.8. The molecule has 6 nitrogen and oxygen atoms in total. The molecule has 0 fully saturated rings. The Hall–Kier alpha value is -1.40. The first-order valence-electron chi connectivity index (χ1n) is 35.9. The minimum absolute atomic E-state index is 0.0161. The molecule has 0 aliphatic carbocycles. The maximum Gasteiger partial charge on any atom is 0.305 e. The summed E-state index contributed by atoms with van der Waals surface area (Å²) in [4.78, 5) is 24.5. The number of amides is 1. The van der Waals surface area contributed by atoms with E-state index in [1.54, 1.807) is 0 Å². The molecule has 0 rings (SSSR count). The summed E-state index contributed by atoms with van der Waals surface area (Å²) in [7, 11) is 0. The Kier molecular flexibility index (Phi) is 66.9. The number of ether oxygens (including phenoxy) is 1. The number of esters is 1. The standard InChI is InChI=1S/C72H141NO5/c1-3-5-7-9-11-13-14-15-39-43-46-50-54-58-62-66-72(77)78-67-63-59-55-51-47-44-41-38-36-34-32-30-28-26-24-22-20-18-16-17-19-21-23-25-27-29-31-33-35-37-40-42-45-49-53-57-61-65-71(76)73-69(68-74)70(75)64-60-56-52-48-12-10-8-6-4-2/h15,39,69-70,74-75H,3-14,16-38,40-68H2,1-2H3,(H,73,76)/b39-15-. The van der Waals surface area contributed by atoms with Gasteiger partial charge in [-0.1, -0.05) is 360 Å². The van der Waals surface area contributed by atoms with Crippen LogP contribution in [0.5, 0.6) is 0 Å². The van der Waals surface area contributed by atoms with Crippen LogP contribution in [0.1, 0.15) is 412 Å². The smallest absolute Gasteiger partial charge is 0.305 e. The lowest BCUT2D eigenvalue weighted by molar-refractivity contribution is -0.143. The molecule has 2 unspecified atom stereocenters. The zero-order valence-electron chi connectivity index (χ0n) is 53.2. The van der Waals surface area contributed by atoms with Crippen LogP contribution < -0.4 is 5.32 Å². The first-order chi connectivity index (χ1) is 38.5. The third-order valence-electron chi connectivity index (χ3n) is 17.1. The van der Waals surface area contributed by atoms with Gasteiger partial charge in [0.2, 0.25) is 5.91 Å². The van der Waals surface area contributed by atoms with Gasteiger partial charge in [0.05, 0.1) is 25.4 Å². The summed E-state index contributed by atoms with van der Waals surface area (Å²) in [6.07, 6.45) is 84.4. The number of unbranched alkanes of at least 4 members (excludes halogenated alkanes) is 55. The monoisotopic (exact) mass is 1100 g/mol. The summed E-state index contributed by atoms with van der Waals surface area (Å²) in [5, 5.41) is 23.2. The molecule has 0 aromatic heterocycles. The van der Waals surface area contributed by atoms with Gasteiger partial charge in [-0.05, 0) is 51.4 Å². The Morgan fingerprint density at radius 2 is 0.603 bits per heavy atom. The number of aliphatic hydroxyl groups is 2. The molecule has 464 valence electrons. The van der Waals surface area contributed by atoms with Gasteiger partial charge in [-0.2, -0.15) is 0 Å². The second kappa shape index (κ2) is 68.1. The largest absolute Gasteiger partial charge is 0.466 e. The highest BCUT2D eigenvalue weighted by atomic mass is 16.5. The third-order valence-corrected chi connectivity index (χ3v) is 17.1. The lowest BCUT2D eigenvalue weighted by Gasteiger charge is -2.22. The van der Waals surface area contributed by atoms with E-state index in [0.717, 1.165) is 44.9 Å². The van der Waals surface area contributed by atoms with Crippen molar-refractivity contribution >= 4 is 11.9 Å². The molecule has 6 heteroatoms. The van der Waals surface area contributed by atoms with Gasteiger partial charge in [-0.15, -0.1) is 0 Å². The number of nitrogens with one attached hydrogen (secondary N) is 1. The Bertz CT molecular complexity index is 1180. The van der Waals surface area contributed by atoms with Crippen molar-refractivity contribution in [3.8, 4) is 0 Å². The van der Waals surface area contributed by atoms with Crippen molar-refractivity contribution in [2.75, 3.05) is 13.2 Å². The molecule has 78 heavy (non-hydrogen) atoms. The van der Waals surface area contributed by atoms with Gasteiger partial charge in [0.25, 0.3) is 0 Å². The average molecular weight is 1100 g/mol. The van der Waals surface area contributed by atoms with Gasteiger partial charge < -0.3 is 20.3 Å². The molecular weight excluding hydrogens is 959 g/mol. The fourth-order valence-corrected chi connectivity index (χ4v) is 11.6. The number of allylic oxidation sites excluding steroid dienone is 2. The summed E-state index contributed by atoms with van der Waals surface area (Å²) >= 11 is 0. The van der Waals surface area contributed by atoms with Crippen LogP contribution in [0.3, 0.4) is 0 Å². The van der Waals surface area contributed by atoms with Crippen molar-refractivity contribution < 1.29 is 24.5 Å². The van der Waals surface area contributed by atoms with Crippen LogP contribution in [0.25, 0.3) is 0 Å². The highest BCUT2D eigenvalue weighted by Crippen LogP contribution is 2.19. The van der Waals surface area contributed by atoms with Crippen molar-refractivity contribution in [1.82, 2.24) is 5.32 Å². The molecule has 0 spiro atoms. The van der Waals surface area contributed by atoms with Crippen molar-refractivity contribution in [1.29, 1.82) is 0 Å². The zero-order chi connectivity index (χ0) is 56.4. The second-order valence-corrected chi connectivity index (χ2v) is 24.9. The predicted molar refractivity (Wildman–Crippen MR) is 343 cm³/mol.